The number of thioether (sulfide) groups is 1. The van der Waals surface area contributed by atoms with Gasteiger partial charge in [0.25, 0.3) is 0 Å². The fraction of sp³-hybridized carbons (Fsp3) is 0.100. The molecule has 1 aliphatic rings. The van der Waals surface area contributed by atoms with Gasteiger partial charge in [-0.1, -0.05) is 0 Å². The molecular formula is C20H15FN4O2S. The van der Waals surface area contributed by atoms with Gasteiger partial charge in [-0.05, 0) is 42.5 Å². The van der Waals surface area contributed by atoms with Gasteiger partial charge in [0.1, 0.15) is 34.8 Å². The summed E-state index contributed by atoms with van der Waals surface area (Å²) in [5.41, 5.74) is 13.9. The number of nitriles is 1. The molecule has 1 aromatic heterocycles. The summed E-state index contributed by atoms with van der Waals surface area (Å²) >= 11 is 1.44. The fourth-order valence-electron chi connectivity index (χ4n) is 3.04. The van der Waals surface area contributed by atoms with Crippen LogP contribution in [0, 0.1) is 17.1 Å². The number of nitrogens with two attached hydrogens (primary N) is 2. The van der Waals surface area contributed by atoms with Crippen LogP contribution >= 0.6 is 11.8 Å². The van der Waals surface area contributed by atoms with Crippen molar-refractivity contribution in [2.75, 3.05) is 18.6 Å². The number of anilines is 2. The minimum absolute atomic E-state index is 0.0150. The number of ether oxygens (including phenoxy) is 2. The van der Waals surface area contributed by atoms with Crippen molar-refractivity contribution >= 4 is 23.3 Å². The van der Waals surface area contributed by atoms with Gasteiger partial charge in [0.15, 0.2) is 0 Å². The molecule has 140 valence electrons. The van der Waals surface area contributed by atoms with E-state index in [1.54, 1.807) is 31.4 Å². The molecule has 2 heterocycles. The van der Waals surface area contributed by atoms with Gasteiger partial charge in [-0.3, -0.25) is 0 Å². The van der Waals surface area contributed by atoms with Crippen LogP contribution in [0.5, 0.6) is 17.4 Å². The van der Waals surface area contributed by atoms with Gasteiger partial charge < -0.3 is 20.9 Å². The largest absolute Gasteiger partial charge is 0.497 e. The summed E-state index contributed by atoms with van der Waals surface area (Å²) in [5, 5.41) is 9.08. The maximum Gasteiger partial charge on any atom is 0.228 e. The molecule has 1 aliphatic heterocycles. The number of hydrogen-bond acceptors (Lipinski definition) is 7. The van der Waals surface area contributed by atoms with Crippen molar-refractivity contribution in [2.24, 2.45) is 0 Å². The summed E-state index contributed by atoms with van der Waals surface area (Å²) in [7, 11) is 1.58. The average Bonchev–Trinajstić information content (AvgIpc) is 2.69. The van der Waals surface area contributed by atoms with Gasteiger partial charge in [-0.2, -0.15) is 10.2 Å². The molecule has 3 aromatic rings. The molecule has 0 radical (unpaired) electrons. The van der Waals surface area contributed by atoms with Crippen molar-refractivity contribution in [1.82, 2.24) is 4.98 Å². The molecule has 1 unspecified atom stereocenters. The standard InChI is InChI=1S/C20H15FN4O2S/c1-26-11-4-7-15-13(8-11)18(28-12-5-2-10(21)3-6-12)16-17(23)14(9-22)19(24)25-20(16)27-15/h2-8,18H,1H3,(H4,23,24,25). The summed E-state index contributed by atoms with van der Waals surface area (Å²) in [5.74, 6) is 1.19. The molecular weight excluding hydrogens is 379 g/mol. The van der Waals surface area contributed by atoms with Crippen LogP contribution < -0.4 is 20.9 Å². The van der Waals surface area contributed by atoms with Gasteiger partial charge in [0.2, 0.25) is 5.88 Å². The lowest BCUT2D eigenvalue weighted by Crippen LogP contribution is -2.15. The van der Waals surface area contributed by atoms with Gasteiger partial charge in [0.05, 0.1) is 23.6 Å². The molecule has 8 heteroatoms. The first-order valence-corrected chi connectivity index (χ1v) is 9.16. The molecule has 4 rings (SSSR count). The second kappa shape index (κ2) is 6.94. The Kier molecular flexibility index (Phi) is 4.45. The van der Waals surface area contributed by atoms with Crippen LogP contribution in [-0.4, -0.2) is 12.1 Å². The Morgan fingerprint density at radius 1 is 1.21 bits per heavy atom. The first kappa shape index (κ1) is 17.9. The minimum atomic E-state index is -0.348. The summed E-state index contributed by atoms with van der Waals surface area (Å²) < 4.78 is 24.6. The lowest BCUT2D eigenvalue weighted by atomic mass is 9.98. The minimum Gasteiger partial charge on any atom is -0.497 e. The number of nitrogen functional groups attached to an aromatic ring is 2. The highest BCUT2D eigenvalue weighted by Crippen LogP contribution is 2.54. The van der Waals surface area contributed by atoms with Crippen LogP contribution in [0.3, 0.4) is 0 Å². The Bertz CT molecular complexity index is 1110. The number of pyridine rings is 1. The monoisotopic (exact) mass is 394 g/mol. The van der Waals surface area contributed by atoms with Crippen LogP contribution in [0.4, 0.5) is 15.9 Å². The molecule has 0 spiro atoms. The molecule has 0 saturated carbocycles. The maximum absolute atomic E-state index is 13.3. The highest BCUT2D eigenvalue weighted by Gasteiger charge is 2.34. The summed E-state index contributed by atoms with van der Waals surface area (Å²) in [6, 6.07) is 13.5. The van der Waals surface area contributed by atoms with Gasteiger partial charge in [-0.25, -0.2) is 4.39 Å². The van der Waals surface area contributed by atoms with Gasteiger partial charge in [0, 0.05) is 10.5 Å². The van der Waals surface area contributed by atoms with E-state index in [4.69, 9.17) is 20.9 Å². The van der Waals surface area contributed by atoms with Crippen molar-refractivity contribution in [3.63, 3.8) is 0 Å². The van der Waals surface area contributed by atoms with Gasteiger partial charge in [-0.15, -0.1) is 11.8 Å². The van der Waals surface area contributed by atoms with Crippen LogP contribution in [0.15, 0.2) is 47.4 Å². The fourth-order valence-corrected chi connectivity index (χ4v) is 4.27. The van der Waals surface area contributed by atoms with Crippen molar-refractivity contribution < 1.29 is 13.9 Å². The molecule has 1 atom stereocenters. The number of rotatable bonds is 3. The van der Waals surface area contributed by atoms with E-state index >= 15 is 0 Å². The second-order valence-corrected chi connectivity index (χ2v) is 7.25. The predicted octanol–water partition coefficient (Wildman–Crippen LogP) is 4.25. The molecule has 0 aliphatic carbocycles. The summed E-state index contributed by atoms with van der Waals surface area (Å²) in [4.78, 5) is 5.06. The molecule has 0 bridgehead atoms. The molecule has 28 heavy (non-hydrogen) atoms. The number of benzene rings is 2. The topological polar surface area (TPSA) is 107 Å². The zero-order valence-electron chi connectivity index (χ0n) is 14.8. The number of nitrogens with zero attached hydrogens (tertiary/aromatic N) is 2. The number of halogens is 1. The van der Waals surface area contributed by atoms with Crippen molar-refractivity contribution in [3.8, 4) is 23.4 Å². The lowest BCUT2D eigenvalue weighted by Gasteiger charge is -2.29. The highest BCUT2D eigenvalue weighted by molar-refractivity contribution is 7.99. The van der Waals surface area contributed by atoms with Crippen molar-refractivity contribution in [1.29, 1.82) is 5.26 Å². The number of aromatic nitrogens is 1. The Morgan fingerprint density at radius 2 is 1.96 bits per heavy atom. The lowest BCUT2D eigenvalue weighted by molar-refractivity contribution is 0.408. The maximum atomic E-state index is 13.3. The molecule has 0 saturated heterocycles. The van der Waals surface area contributed by atoms with Gasteiger partial charge >= 0.3 is 0 Å². The number of hydrogen-bond donors (Lipinski definition) is 2. The second-order valence-electron chi connectivity index (χ2n) is 6.07. The zero-order chi connectivity index (χ0) is 19.8. The van der Waals surface area contributed by atoms with E-state index in [0.717, 1.165) is 10.5 Å². The molecule has 2 aromatic carbocycles. The van der Waals surface area contributed by atoms with Crippen LogP contribution in [0.2, 0.25) is 0 Å². The van der Waals surface area contributed by atoms with E-state index in [-0.39, 0.29) is 34.0 Å². The Balaban J connectivity index is 1.91. The average molecular weight is 394 g/mol. The Labute approximate surface area is 164 Å². The Hall–Kier alpha value is -3.44. The van der Waals surface area contributed by atoms with E-state index < -0.39 is 0 Å². The van der Waals surface area contributed by atoms with Crippen molar-refractivity contribution in [2.45, 2.75) is 10.1 Å². The summed E-state index contributed by atoms with van der Waals surface area (Å²) in [6.45, 7) is 0. The van der Waals surface area contributed by atoms with E-state index in [9.17, 15) is 9.65 Å². The normalized spacial score (nSPS) is 14.4. The quantitative estimate of drug-likeness (QED) is 0.684. The first-order valence-electron chi connectivity index (χ1n) is 8.28. The van der Waals surface area contributed by atoms with E-state index in [1.807, 2.05) is 12.1 Å². The first-order chi connectivity index (χ1) is 13.5. The van der Waals surface area contributed by atoms with Crippen molar-refractivity contribution in [3.05, 3.63) is 65.0 Å². The molecule has 0 amide bonds. The van der Waals surface area contributed by atoms with Crippen LogP contribution in [0.25, 0.3) is 0 Å². The molecule has 6 nitrogen and oxygen atoms in total. The zero-order valence-corrected chi connectivity index (χ0v) is 15.6. The Morgan fingerprint density at radius 3 is 2.64 bits per heavy atom. The SMILES string of the molecule is COc1ccc2c(c1)C(Sc1ccc(F)cc1)c1c(nc(N)c(C#N)c1N)O2. The third kappa shape index (κ3) is 2.96. The predicted molar refractivity (Wildman–Crippen MR) is 105 cm³/mol. The third-order valence-electron chi connectivity index (χ3n) is 4.42. The third-order valence-corrected chi connectivity index (χ3v) is 5.69. The molecule has 4 N–H and O–H groups in total. The summed E-state index contributed by atoms with van der Waals surface area (Å²) in [6.07, 6.45) is 0. The molecule has 0 fully saturated rings. The van der Waals surface area contributed by atoms with E-state index in [2.05, 4.69) is 4.98 Å². The van der Waals surface area contributed by atoms with E-state index in [1.165, 1.54) is 23.9 Å². The van der Waals surface area contributed by atoms with E-state index in [0.29, 0.717) is 17.1 Å². The smallest absolute Gasteiger partial charge is 0.228 e. The van der Waals surface area contributed by atoms with Crippen LogP contribution in [0.1, 0.15) is 21.9 Å². The number of fused-ring (bicyclic) bond motifs is 2. The number of methoxy groups -OCH3 is 1. The van der Waals surface area contributed by atoms with Crippen LogP contribution in [-0.2, 0) is 0 Å². The highest BCUT2D eigenvalue weighted by atomic mass is 32.2.